The van der Waals surface area contributed by atoms with Crippen LogP contribution in [-0.4, -0.2) is 45.9 Å². The summed E-state index contributed by atoms with van der Waals surface area (Å²) in [6, 6.07) is 0.210. The van der Waals surface area contributed by atoms with Crippen molar-refractivity contribution in [2.24, 2.45) is 5.84 Å². The highest BCUT2D eigenvalue weighted by Gasteiger charge is 2.20. The first-order valence-electron chi connectivity index (χ1n) is 5.68. The van der Waals surface area contributed by atoms with E-state index in [9.17, 15) is 4.79 Å². The molecule has 0 aromatic carbocycles. The second-order valence-electron chi connectivity index (χ2n) is 3.86. The van der Waals surface area contributed by atoms with Crippen molar-refractivity contribution in [3.63, 3.8) is 0 Å². The van der Waals surface area contributed by atoms with Gasteiger partial charge in [0.15, 0.2) is 5.82 Å². The van der Waals surface area contributed by atoms with Gasteiger partial charge < -0.3 is 10.3 Å². The van der Waals surface area contributed by atoms with E-state index < -0.39 is 0 Å². The second kappa shape index (κ2) is 7.17. The maximum absolute atomic E-state index is 12.2. The summed E-state index contributed by atoms with van der Waals surface area (Å²) in [5.41, 5.74) is 2.70. The van der Waals surface area contributed by atoms with Gasteiger partial charge in [0.05, 0.1) is 12.4 Å². The van der Waals surface area contributed by atoms with Crippen molar-refractivity contribution in [2.45, 2.75) is 19.4 Å². The molecule has 0 radical (unpaired) electrons. The molecule has 0 bridgehead atoms. The molecular formula is C11H19N5OS. The number of nitrogens with one attached hydrogen (secondary N) is 1. The highest BCUT2D eigenvalue weighted by atomic mass is 32.2. The van der Waals surface area contributed by atoms with E-state index in [0.29, 0.717) is 11.5 Å². The molecule has 0 saturated heterocycles. The number of aromatic nitrogens is 2. The van der Waals surface area contributed by atoms with Gasteiger partial charge in [-0.2, -0.15) is 11.8 Å². The minimum absolute atomic E-state index is 0.119. The van der Waals surface area contributed by atoms with Crippen molar-refractivity contribution in [1.29, 1.82) is 0 Å². The fourth-order valence-electron chi connectivity index (χ4n) is 1.56. The lowest BCUT2D eigenvalue weighted by atomic mass is 10.2. The minimum Gasteiger partial charge on any atom is -0.337 e. The summed E-state index contributed by atoms with van der Waals surface area (Å²) in [7, 11) is 1.80. The van der Waals surface area contributed by atoms with Crippen LogP contribution >= 0.6 is 11.8 Å². The highest BCUT2D eigenvalue weighted by molar-refractivity contribution is 7.98. The number of hydrazine groups is 1. The zero-order valence-corrected chi connectivity index (χ0v) is 11.7. The second-order valence-corrected chi connectivity index (χ2v) is 4.78. The number of hydrogen-bond acceptors (Lipinski definition) is 6. The average molecular weight is 269 g/mol. The van der Waals surface area contributed by atoms with E-state index in [1.807, 2.05) is 6.26 Å². The zero-order valence-electron chi connectivity index (χ0n) is 10.9. The van der Waals surface area contributed by atoms with Gasteiger partial charge in [0.25, 0.3) is 5.91 Å². The van der Waals surface area contributed by atoms with Gasteiger partial charge in [0, 0.05) is 18.8 Å². The van der Waals surface area contributed by atoms with Crippen molar-refractivity contribution in [3.05, 3.63) is 18.1 Å². The normalized spacial score (nSPS) is 12.0. The Morgan fingerprint density at radius 2 is 2.28 bits per heavy atom. The lowest BCUT2D eigenvalue weighted by Gasteiger charge is -2.26. The molecule has 1 heterocycles. The topological polar surface area (TPSA) is 84.1 Å². The first-order chi connectivity index (χ1) is 8.63. The lowest BCUT2D eigenvalue weighted by Crippen LogP contribution is -2.38. The first-order valence-corrected chi connectivity index (χ1v) is 7.08. The van der Waals surface area contributed by atoms with Crippen LogP contribution in [0.4, 0.5) is 5.82 Å². The minimum atomic E-state index is -0.119. The largest absolute Gasteiger partial charge is 0.337 e. The molecule has 6 nitrogen and oxygen atoms in total. The summed E-state index contributed by atoms with van der Waals surface area (Å²) in [6.45, 7) is 2.07. The zero-order chi connectivity index (χ0) is 13.5. The third-order valence-corrected chi connectivity index (χ3v) is 3.44. The predicted molar refractivity (Wildman–Crippen MR) is 74.4 cm³/mol. The fourth-order valence-corrected chi connectivity index (χ4v) is 2.40. The summed E-state index contributed by atoms with van der Waals surface area (Å²) in [5, 5.41) is 0. The van der Waals surface area contributed by atoms with Crippen LogP contribution in [0.15, 0.2) is 12.4 Å². The fraction of sp³-hybridized carbons (Fsp3) is 0.545. The molecule has 0 saturated carbocycles. The molecule has 100 valence electrons. The van der Waals surface area contributed by atoms with Gasteiger partial charge in [-0.05, 0) is 12.7 Å². The van der Waals surface area contributed by atoms with E-state index in [0.717, 1.165) is 12.2 Å². The Labute approximate surface area is 111 Å². The van der Waals surface area contributed by atoms with Gasteiger partial charge in [0.2, 0.25) is 0 Å². The number of rotatable bonds is 6. The Kier molecular flexibility index (Phi) is 5.87. The van der Waals surface area contributed by atoms with Crippen LogP contribution < -0.4 is 11.3 Å². The number of anilines is 1. The lowest BCUT2D eigenvalue weighted by molar-refractivity contribution is 0.0737. The molecule has 1 unspecified atom stereocenters. The SMILES string of the molecule is CCC(CSC)N(C)C(=O)c1cnc(NN)cn1. The number of amides is 1. The third-order valence-electron chi connectivity index (χ3n) is 2.72. The first kappa shape index (κ1) is 14.7. The number of nitrogens with two attached hydrogens (primary N) is 1. The maximum atomic E-state index is 12.2. The number of nitrogen functional groups attached to an aromatic ring is 1. The van der Waals surface area contributed by atoms with E-state index >= 15 is 0 Å². The van der Waals surface area contributed by atoms with E-state index in [4.69, 9.17) is 5.84 Å². The molecule has 0 aliphatic carbocycles. The Hall–Kier alpha value is -1.34. The molecule has 18 heavy (non-hydrogen) atoms. The smallest absolute Gasteiger partial charge is 0.274 e. The molecule has 7 heteroatoms. The standard InChI is InChI=1S/C11H19N5OS/c1-4-8(7-18-3)16(2)11(17)9-5-14-10(15-12)6-13-9/h5-6,8H,4,7,12H2,1-3H3,(H,14,15). The highest BCUT2D eigenvalue weighted by Crippen LogP contribution is 2.11. The molecule has 0 spiro atoms. The monoisotopic (exact) mass is 269 g/mol. The number of nitrogens with zero attached hydrogens (tertiary/aromatic N) is 3. The van der Waals surface area contributed by atoms with Crippen LogP contribution in [0.1, 0.15) is 23.8 Å². The van der Waals surface area contributed by atoms with Gasteiger partial charge in [-0.25, -0.2) is 15.8 Å². The van der Waals surface area contributed by atoms with Crippen LogP contribution in [0.25, 0.3) is 0 Å². The maximum Gasteiger partial charge on any atom is 0.274 e. The van der Waals surface area contributed by atoms with Crippen molar-refractivity contribution >= 4 is 23.5 Å². The molecule has 3 N–H and O–H groups in total. The van der Waals surface area contributed by atoms with Crippen LogP contribution in [0, 0.1) is 0 Å². The predicted octanol–water partition coefficient (Wildman–Crippen LogP) is 0.976. The van der Waals surface area contributed by atoms with Crippen LogP contribution in [0.5, 0.6) is 0 Å². The van der Waals surface area contributed by atoms with Gasteiger partial charge in [-0.1, -0.05) is 6.92 Å². The van der Waals surface area contributed by atoms with Crippen molar-refractivity contribution < 1.29 is 4.79 Å². The molecule has 0 fully saturated rings. The third kappa shape index (κ3) is 3.58. The Morgan fingerprint density at radius 3 is 2.72 bits per heavy atom. The number of thioether (sulfide) groups is 1. The molecule has 1 amide bonds. The van der Waals surface area contributed by atoms with Gasteiger partial charge in [-0.3, -0.25) is 4.79 Å². The van der Waals surface area contributed by atoms with Gasteiger partial charge in [-0.15, -0.1) is 0 Å². The van der Waals surface area contributed by atoms with Gasteiger partial charge in [0.1, 0.15) is 5.69 Å². The summed E-state index contributed by atoms with van der Waals surface area (Å²) in [6.07, 6.45) is 5.82. The van der Waals surface area contributed by atoms with Crippen LogP contribution in [-0.2, 0) is 0 Å². The van der Waals surface area contributed by atoms with E-state index in [-0.39, 0.29) is 11.9 Å². The molecule has 1 aromatic heterocycles. The summed E-state index contributed by atoms with van der Waals surface area (Å²) < 4.78 is 0. The van der Waals surface area contributed by atoms with E-state index in [1.54, 1.807) is 23.7 Å². The number of carbonyl (C=O) groups is 1. The van der Waals surface area contributed by atoms with Crippen molar-refractivity contribution in [3.8, 4) is 0 Å². The van der Waals surface area contributed by atoms with Crippen molar-refractivity contribution in [1.82, 2.24) is 14.9 Å². The molecular weight excluding hydrogens is 250 g/mol. The number of hydrogen-bond donors (Lipinski definition) is 2. The Morgan fingerprint density at radius 1 is 1.56 bits per heavy atom. The summed E-state index contributed by atoms with van der Waals surface area (Å²) >= 11 is 1.72. The van der Waals surface area contributed by atoms with E-state index in [2.05, 4.69) is 22.3 Å². The van der Waals surface area contributed by atoms with E-state index in [1.165, 1.54) is 12.4 Å². The number of carbonyl (C=O) groups excluding carboxylic acids is 1. The van der Waals surface area contributed by atoms with Gasteiger partial charge >= 0.3 is 0 Å². The Balaban J connectivity index is 2.78. The summed E-state index contributed by atoms with van der Waals surface area (Å²) in [5.74, 6) is 6.42. The molecule has 1 rings (SSSR count). The van der Waals surface area contributed by atoms with Crippen LogP contribution in [0.3, 0.4) is 0 Å². The van der Waals surface area contributed by atoms with Crippen LogP contribution in [0.2, 0.25) is 0 Å². The quantitative estimate of drug-likeness (QED) is 0.591. The summed E-state index contributed by atoms with van der Waals surface area (Å²) in [4.78, 5) is 21.9. The molecule has 1 aromatic rings. The molecule has 0 aliphatic rings. The Bertz CT molecular complexity index is 384. The average Bonchev–Trinajstić information content (AvgIpc) is 2.43. The molecule has 0 aliphatic heterocycles. The molecule has 1 atom stereocenters. The van der Waals surface area contributed by atoms with Crippen molar-refractivity contribution in [2.75, 3.05) is 24.5 Å².